The zero-order valence-electron chi connectivity index (χ0n) is 10.9. The van der Waals surface area contributed by atoms with Gasteiger partial charge in [-0.15, -0.1) is 0 Å². The van der Waals surface area contributed by atoms with Crippen LogP contribution in [0.1, 0.15) is 40.4 Å². The van der Waals surface area contributed by atoms with Gasteiger partial charge in [0.1, 0.15) is 0 Å². The normalized spacial score (nSPS) is 17.8. The molecule has 1 aromatic heterocycles. The lowest BCUT2D eigenvalue weighted by molar-refractivity contribution is 0.0946. The molecule has 1 amide bonds. The molecule has 1 aromatic carbocycles. The van der Waals surface area contributed by atoms with Crippen molar-refractivity contribution in [2.45, 2.75) is 25.2 Å². The van der Waals surface area contributed by atoms with E-state index in [1.54, 1.807) is 0 Å². The molecule has 1 aliphatic heterocycles. The number of hydrogen-bond acceptors (Lipinski definition) is 2. The average Bonchev–Trinajstić information content (AvgIpc) is 3.17. The second-order valence-corrected chi connectivity index (χ2v) is 6.30. The molecule has 0 unspecified atom stereocenters. The Balaban J connectivity index is 1.80. The maximum Gasteiger partial charge on any atom is 0.251 e. The summed E-state index contributed by atoms with van der Waals surface area (Å²) in [5.41, 5.74) is 4.00. The highest BCUT2D eigenvalue weighted by Gasteiger charge is 2.26. The van der Waals surface area contributed by atoms with Gasteiger partial charge in [0, 0.05) is 28.7 Å². The summed E-state index contributed by atoms with van der Waals surface area (Å²) >= 11 is 3.61. The van der Waals surface area contributed by atoms with Crippen LogP contribution in [0.25, 0.3) is 5.69 Å². The summed E-state index contributed by atoms with van der Waals surface area (Å²) in [6, 6.07) is 4.01. The Morgan fingerprint density at radius 2 is 2.20 bits per heavy atom. The molecule has 0 bridgehead atoms. The molecule has 0 atom stereocenters. The van der Waals surface area contributed by atoms with E-state index in [4.69, 9.17) is 0 Å². The van der Waals surface area contributed by atoms with Gasteiger partial charge < -0.3 is 9.88 Å². The molecule has 5 heteroatoms. The Kier molecular flexibility index (Phi) is 2.70. The highest BCUT2D eigenvalue weighted by Crippen LogP contribution is 2.39. The molecular weight excluding hydrogens is 318 g/mol. The zero-order chi connectivity index (χ0) is 13.7. The van der Waals surface area contributed by atoms with Gasteiger partial charge in [0.15, 0.2) is 0 Å². The Labute approximate surface area is 125 Å². The van der Waals surface area contributed by atoms with E-state index in [-0.39, 0.29) is 5.91 Å². The van der Waals surface area contributed by atoms with Crippen molar-refractivity contribution >= 4 is 21.8 Å². The molecule has 1 aliphatic carbocycles. The Morgan fingerprint density at radius 1 is 1.35 bits per heavy atom. The van der Waals surface area contributed by atoms with Crippen molar-refractivity contribution in [2.75, 3.05) is 6.54 Å². The predicted molar refractivity (Wildman–Crippen MR) is 79.3 cm³/mol. The molecule has 0 spiro atoms. The third kappa shape index (κ3) is 1.97. The Bertz CT molecular complexity index is 703. The topological polar surface area (TPSA) is 46.9 Å². The molecule has 2 aliphatic rings. The van der Waals surface area contributed by atoms with Gasteiger partial charge in [-0.05, 0) is 52.9 Å². The second kappa shape index (κ2) is 4.45. The number of amides is 1. The summed E-state index contributed by atoms with van der Waals surface area (Å²) in [5.74, 6) is 0.651. The van der Waals surface area contributed by atoms with E-state index >= 15 is 0 Å². The minimum atomic E-state index is 0.0162. The Morgan fingerprint density at radius 3 is 3.00 bits per heavy atom. The molecule has 102 valence electrons. The number of rotatable bonds is 2. The number of fused-ring (bicyclic) bond motifs is 1. The SMILES string of the molecule is O=C1NCCc2cc(Br)c(-n3cnc(C4CC4)c3)cc21. The molecule has 2 aromatic rings. The summed E-state index contributed by atoms with van der Waals surface area (Å²) in [7, 11) is 0. The molecule has 1 saturated carbocycles. The summed E-state index contributed by atoms with van der Waals surface area (Å²) in [6.45, 7) is 0.717. The number of hydrogen-bond donors (Lipinski definition) is 1. The predicted octanol–water partition coefficient (Wildman–Crippen LogP) is 2.80. The van der Waals surface area contributed by atoms with Gasteiger partial charge in [-0.1, -0.05) is 0 Å². The lowest BCUT2D eigenvalue weighted by Crippen LogP contribution is -2.31. The first-order chi connectivity index (χ1) is 9.72. The third-order valence-corrected chi connectivity index (χ3v) is 4.61. The summed E-state index contributed by atoms with van der Waals surface area (Å²) in [4.78, 5) is 16.4. The maximum absolute atomic E-state index is 12.0. The van der Waals surface area contributed by atoms with Gasteiger partial charge in [0.2, 0.25) is 0 Å². The number of carbonyl (C=O) groups excluding carboxylic acids is 1. The van der Waals surface area contributed by atoms with Crippen LogP contribution in [0.15, 0.2) is 29.1 Å². The number of carbonyl (C=O) groups is 1. The van der Waals surface area contributed by atoms with Gasteiger partial charge >= 0.3 is 0 Å². The zero-order valence-corrected chi connectivity index (χ0v) is 12.5. The van der Waals surface area contributed by atoms with Crippen LogP contribution in [0.3, 0.4) is 0 Å². The lowest BCUT2D eigenvalue weighted by atomic mass is 10.00. The van der Waals surface area contributed by atoms with Crippen LogP contribution in [-0.4, -0.2) is 22.0 Å². The molecular formula is C15H14BrN3O. The van der Waals surface area contributed by atoms with Crippen molar-refractivity contribution in [3.05, 3.63) is 46.0 Å². The molecule has 4 nitrogen and oxygen atoms in total. The Hall–Kier alpha value is -1.62. The molecule has 0 radical (unpaired) electrons. The fourth-order valence-electron chi connectivity index (χ4n) is 2.68. The van der Waals surface area contributed by atoms with Gasteiger partial charge in [-0.3, -0.25) is 4.79 Å². The second-order valence-electron chi connectivity index (χ2n) is 5.45. The van der Waals surface area contributed by atoms with E-state index in [0.717, 1.165) is 33.4 Å². The highest BCUT2D eigenvalue weighted by atomic mass is 79.9. The van der Waals surface area contributed by atoms with Crippen molar-refractivity contribution < 1.29 is 4.79 Å². The van der Waals surface area contributed by atoms with E-state index in [1.807, 2.05) is 17.0 Å². The first kappa shape index (κ1) is 12.1. The van der Waals surface area contributed by atoms with Crippen LogP contribution in [0.2, 0.25) is 0 Å². The maximum atomic E-state index is 12.0. The van der Waals surface area contributed by atoms with Crippen molar-refractivity contribution in [1.82, 2.24) is 14.9 Å². The van der Waals surface area contributed by atoms with Gasteiger partial charge in [0.05, 0.1) is 17.7 Å². The van der Waals surface area contributed by atoms with E-state index in [1.165, 1.54) is 12.8 Å². The smallest absolute Gasteiger partial charge is 0.251 e. The average molecular weight is 332 g/mol. The van der Waals surface area contributed by atoms with Crippen molar-refractivity contribution in [1.29, 1.82) is 0 Å². The summed E-state index contributed by atoms with van der Waals surface area (Å²) in [6.07, 6.45) is 7.28. The van der Waals surface area contributed by atoms with E-state index in [9.17, 15) is 4.79 Å². The van der Waals surface area contributed by atoms with E-state index < -0.39 is 0 Å². The number of nitrogens with one attached hydrogen (secondary N) is 1. The minimum absolute atomic E-state index is 0.0162. The first-order valence-electron chi connectivity index (χ1n) is 6.87. The van der Waals surface area contributed by atoms with Crippen LogP contribution in [0.5, 0.6) is 0 Å². The van der Waals surface area contributed by atoms with Crippen LogP contribution < -0.4 is 5.32 Å². The number of imidazole rings is 1. The molecule has 1 fully saturated rings. The number of nitrogens with zero attached hydrogens (tertiary/aromatic N) is 2. The summed E-state index contributed by atoms with van der Waals surface area (Å²) < 4.78 is 3.01. The largest absolute Gasteiger partial charge is 0.352 e. The molecule has 1 N–H and O–H groups in total. The molecule has 0 saturated heterocycles. The number of benzene rings is 1. The minimum Gasteiger partial charge on any atom is -0.352 e. The summed E-state index contributed by atoms with van der Waals surface area (Å²) in [5, 5.41) is 2.89. The van der Waals surface area contributed by atoms with Gasteiger partial charge in [-0.25, -0.2) is 4.98 Å². The monoisotopic (exact) mass is 331 g/mol. The van der Waals surface area contributed by atoms with Crippen molar-refractivity contribution in [3.63, 3.8) is 0 Å². The van der Waals surface area contributed by atoms with Crippen LogP contribution >= 0.6 is 15.9 Å². The first-order valence-corrected chi connectivity index (χ1v) is 7.66. The van der Waals surface area contributed by atoms with Gasteiger partial charge in [-0.2, -0.15) is 0 Å². The lowest BCUT2D eigenvalue weighted by Gasteiger charge is -2.18. The molecule has 2 heterocycles. The van der Waals surface area contributed by atoms with Crippen LogP contribution in [0.4, 0.5) is 0 Å². The highest BCUT2D eigenvalue weighted by molar-refractivity contribution is 9.10. The fraction of sp³-hybridized carbons (Fsp3) is 0.333. The third-order valence-electron chi connectivity index (χ3n) is 3.97. The molecule has 4 rings (SSSR count). The molecule has 20 heavy (non-hydrogen) atoms. The number of halogens is 1. The van der Waals surface area contributed by atoms with E-state index in [2.05, 4.69) is 38.5 Å². The van der Waals surface area contributed by atoms with Crippen LogP contribution in [-0.2, 0) is 6.42 Å². The quantitative estimate of drug-likeness (QED) is 0.919. The van der Waals surface area contributed by atoms with Crippen molar-refractivity contribution in [3.8, 4) is 5.69 Å². The van der Waals surface area contributed by atoms with Gasteiger partial charge in [0.25, 0.3) is 5.91 Å². The number of aromatic nitrogens is 2. The fourth-order valence-corrected chi connectivity index (χ4v) is 3.28. The van der Waals surface area contributed by atoms with E-state index in [0.29, 0.717) is 12.5 Å². The van der Waals surface area contributed by atoms with Crippen LogP contribution in [0, 0.1) is 0 Å². The standard InChI is InChI=1S/C15H14BrN3O/c16-12-5-10-3-4-17-15(20)11(10)6-14(12)19-7-13(18-8-19)9-1-2-9/h5-9H,1-4H2,(H,17,20). The van der Waals surface area contributed by atoms with Crippen molar-refractivity contribution in [2.24, 2.45) is 0 Å².